The average molecular weight is 601 g/mol. The van der Waals surface area contributed by atoms with Gasteiger partial charge in [-0.25, -0.2) is 19.6 Å². The molecule has 0 spiro atoms. The molecule has 3 atom stereocenters. The highest BCUT2D eigenvalue weighted by Crippen LogP contribution is 2.25. The highest BCUT2D eigenvalue weighted by atomic mass is 32.1. The van der Waals surface area contributed by atoms with Gasteiger partial charge in [-0.3, -0.25) is 14.2 Å². The molecule has 2 N–H and O–H groups in total. The summed E-state index contributed by atoms with van der Waals surface area (Å²) in [5.74, 6) is -0.322. The summed E-state index contributed by atoms with van der Waals surface area (Å²) in [6.07, 6.45) is 2.14. The predicted octanol–water partition coefficient (Wildman–Crippen LogP) is 2.29. The fourth-order valence-electron chi connectivity index (χ4n) is 4.55. The monoisotopic (exact) mass is 600 g/mol. The van der Waals surface area contributed by atoms with Gasteiger partial charge in [0.25, 0.3) is 0 Å². The highest BCUT2D eigenvalue weighted by molar-refractivity contribution is 7.12. The third kappa shape index (κ3) is 7.12. The Kier molecular flexibility index (Phi) is 9.59. The van der Waals surface area contributed by atoms with Gasteiger partial charge >= 0.3 is 12.1 Å². The number of aromatic nitrogens is 3. The molecule has 4 rings (SSSR count). The highest BCUT2D eigenvalue weighted by Gasteiger charge is 2.34. The number of carbonyl (C=O) groups is 3. The summed E-state index contributed by atoms with van der Waals surface area (Å²) in [6, 6.07) is 2.41. The molecule has 0 saturated carbocycles. The summed E-state index contributed by atoms with van der Waals surface area (Å²) >= 11 is 1.34. The Bertz CT molecular complexity index is 1500. The van der Waals surface area contributed by atoms with Gasteiger partial charge in [-0.05, 0) is 46.8 Å². The molecule has 4 heterocycles. The lowest BCUT2D eigenvalue weighted by Crippen LogP contribution is -2.48. The van der Waals surface area contributed by atoms with Crippen LogP contribution in [0.5, 0.6) is 0 Å². The molecule has 0 aliphatic carbocycles. The van der Waals surface area contributed by atoms with Crippen molar-refractivity contribution in [2.24, 2.45) is 0 Å². The zero-order chi connectivity index (χ0) is 30.6. The van der Waals surface area contributed by atoms with Gasteiger partial charge in [-0.2, -0.15) is 0 Å². The summed E-state index contributed by atoms with van der Waals surface area (Å²) < 4.78 is 17.6. The first-order valence-electron chi connectivity index (χ1n) is 13.6. The smallest absolute Gasteiger partial charge is 0.408 e. The van der Waals surface area contributed by atoms with Crippen LogP contribution in [0.25, 0.3) is 16.2 Å². The Labute approximate surface area is 247 Å². The first-order chi connectivity index (χ1) is 19.9. The van der Waals surface area contributed by atoms with Crippen molar-refractivity contribution in [1.29, 1.82) is 0 Å². The van der Waals surface area contributed by atoms with Crippen LogP contribution < -0.4 is 21.0 Å². The number of anilines is 1. The number of carbonyl (C=O) groups excluding carboxylic acids is 3. The summed E-state index contributed by atoms with van der Waals surface area (Å²) in [6.45, 7) is 9.64. The van der Waals surface area contributed by atoms with E-state index in [-0.39, 0.29) is 42.0 Å². The molecule has 0 unspecified atom stereocenters. The summed E-state index contributed by atoms with van der Waals surface area (Å²) in [4.78, 5) is 61.6. The number of methoxy groups -OCH3 is 1. The molecule has 0 aromatic carbocycles. The number of hydrogen-bond donors (Lipinski definition) is 2. The normalized spacial score (nSPS) is 17.7. The molecular weight excluding hydrogens is 564 g/mol. The zero-order valence-electron chi connectivity index (χ0n) is 24.5. The third-order valence-electron chi connectivity index (χ3n) is 6.60. The number of esters is 1. The van der Waals surface area contributed by atoms with E-state index in [2.05, 4.69) is 15.6 Å². The van der Waals surface area contributed by atoms with Crippen molar-refractivity contribution in [3.63, 3.8) is 0 Å². The van der Waals surface area contributed by atoms with Crippen molar-refractivity contribution >= 4 is 46.0 Å². The molecule has 42 heavy (non-hydrogen) atoms. The number of pyridine rings is 2. The van der Waals surface area contributed by atoms with Gasteiger partial charge in [0.2, 0.25) is 5.43 Å². The minimum Gasteiger partial charge on any atom is -0.462 e. The molecule has 3 aromatic heterocycles. The second-order valence-electron chi connectivity index (χ2n) is 10.8. The largest absolute Gasteiger partial charge is 0.462 e. The van der Waals surface area contributed by atoms with Crippen LogP contribution in [0.2, 0.25) is 0 Å². The van der Waals surface area contributed by atoms with E-state index in [1.165, 1.54) is 17.5 Å². The second-order valence-corrected chi connectivity index (χ2v) is 11.7. The van der Waals surface area contributed by atoms with Crippen LogP contribution in [0.4, 0.5) is 10.6 Å². The topological polar surface area (TPSA) is 154 Å². The van der Waals surface area contributed by atoms with Crippen LogP contribution in [0.3, 0.4) is 0 Å². The fraction of sp³-hybridized carbons (Fsp3) is 0.500. The van der Waals surface area contributed by atoms with Gasteiger partial charge in [-0.15, -0.1) is 11.3 Å². The van der Waals surface area contributed by atoms with Crippen LogP contribution in [0, 0.1) is 0 Å². The van der Waals surface area contributed by atoms with Crippen molar-refractivity contribution in [3.8, 4) is 5.13 Å². The van der Waals surface area contributed by atoms with Crippen molar-refractivity contribution in [2.45, 2.75) is 58.4 Å². The van der Waals surface area contributed by atoms with Crippen molar-refractivity contribution < 1.29 is 28.6 Å². The average Bonchev–Trinajstić information content (AvgIpc) is 3.61. The quantitative estimate of drug-likeness (QED) is 0.330. The number of rotatable bonds is 10. The molecule has 13 nitrogen and oxygen atoms in total. The van der Waals surface area contributed by atoms with Crippen LogP contribution in [0.1, 0.15) is 45.0 Å². The summed E-state index contributed by atoms with van der Waals surface area (Å²) in [5, 5.41) is 8.40. The number of thiazole rings is 1. The number of fused-ring (bicyclic) bond motifs is 1. The molecule has 0 bridgehead atoms. The Balaban J connectivity index is 1.53. The first kappa shape index (κ1) is 31.1. The SMILES string of the molecule is CCOC(=O)c1cn(-c2nccs2)c2nc(N3C[C@H](NCC(=O)[C@H](C)NC(=O)OC(C)(C)C)[C@@H](OC)C3)ccc2c1=O. The Morgan fingerprint density at radius 2 is 1.98 bits per heavy atom. The van der Waals surface area contributed by atoms with E-state index in [1.807, 2.05) is 4.90 Å². The fourth-order valence-corrected chi connectivity index (χ4v) is 5.17. The molecule has 1 saturated heterocycles. The van der Waals surface area contributed by atoms with E-state index < -0.39 is 29.1 Å². The number of nitrogens with one attached hydrogen (secondary N) is 2. The number of hydrogen-bond acceptors (Lipinski definition) is 12. The number of alkyl carbamates (subject to hydrolysis) is 1. The second kappa shape index (κ2) is 13.0. The molecule has 226 valence electrons. The maximum atomic E-state index is 13.2. The maximum absolute atomic E-state index is 13.2. The number of ether oxygens (including phenoxy) is 3. The van der Waals surface area contributed by atoms with Gasteiger partial charge in [-0.1, -0.05) is 0 Å². The van der Waals surface area contributed by atoms with Crippen LogP contribution in [-0.2, 0) is 19.0 Å². The number of amides is 1. The Morgan fingerprint density at radius 1 is 1.21 bits per heavy atom. The van der Waals surface area contributed by atoms with E-state index >= 15 is 0 Å². The van der Waals surface area contributed by atoms with E-state index in [9.17, 15) is 19.2 Å². The van der Waals surface area contributed by atoms with E-state index in [4.69, 9.17) is 19.2 Å². The van der Waals surface area contributed by atoms with E-state index in [0.717, 1.165) is 0 Å². The minimum absolute atomic E-state index is 0.0146. The lowest BCUT2D eigenvalue weighted by atomic mass is 10.1. The van der Waals surface area contributed by atoms with E-state index in [0.29, 0.717) is 29.7 Å². The van der Waals surface area contributed by atoms with Crippen LogP contribution >= 0.6 is 11.3 Å². The molecule has 1 fully saturated rings. The lowest BCUT2D eigenvalue weighted by molar-refractivity contribution is -0.120. The molecule has 1 aliphatic rings. The summed E-state index contributed by atoms with van der Waals surface area (Å²) in [5.41, 5.74) is -0.889. The Hall–Kier alpha value is -3.88. The standard InChI is InChI=1S/C28H36N6O7S/c1-7-40-25(37)18-13-34(26-29-10-11-42-26)24-17(23(18)36)8-9-22(32-24)33-14-19(21(15-33)39-6)30-12-20(35)16(2)31-27(38)41-28(3,4)5/h8-11,13,16,19,21,30H,7,12,14-15H2,1-6H3,(H,31,38)/t16-,19-,21-/m0/s1. The van der Waals surface area contributed by atoms with Gasteiger partial charge < -0.3 is 29.7 Å². The van der Waals surface area contributed by atoms with Crippen molar-refractivity contribution in [1.82, 2.24) is 25.2 Å². The van der Waals surface area contributed by atoms with Gasteiger partial charge in [0.05, 0.1) is 36.7 Å². The predicted molar refractivity (Wildman–Crippen MR) is 158 cm³/mol. The van der Waals surface area contributed by atoms with E-state index in [1.54, 1.807) is 70.0 Å². The molecule has 1 amide bonds. The van der Waals surface area contributed by atoms with Crippen LogP contribution in [-0.4, -0.2) is 89.5 Å². The molecule has 0 radical (unpaired) electrons. The lowest BCUT2D eigenvalue weighted by Gasteiger charge is -2.22. The third-order valence-corrected chi connectivity index (χ3v) is 7.38. The van der Waals surface area contributed by atoms with Gasteiger partial charge in [0, 0.05) is 38.0 Å². The Morgan fingerprint density at radius 3 is 2.62 bits per heavy atom. The van der Waals surface area contributed by atoms with Gasteiger partial charge in [0.1, 0.15) is 17.0 Å². The van der Waals surface area contributed by atoms with Gasteiger partial charge in [0.15, 0.2) is 16.6 Å². The molecule has 14 heteroatoms. The zero-order valence-corrected chi connectivity index (χ0v) is 25.3. The number of nitrogens with zero attached hydrogens (tertiary/aromatic N) is 4. The van der Waals surface area contributed by atoms with Crippen LogP contribution in [0.15, 0.2) is 34.7 Å². The van der Waals surface area contributed by atoms with Crippen molar-refractivity contribution in [3.05, 3.63) is 45.7 Å². The first-order valence-corrected chi connectivity index (χ1v) is 14.5. The van der Waals surface area contributed by atoms with Crippen molar-refractivity contribution in [2.75, 3.05) is 38.3 Å². The minimum atomic E-state index is -0.741. The molecular formula is C28H36N6O7S. The molecule has 1 aliphatic heterocycles. The maximum Gasteiger partial charge on any atom is 0.408 e. The number of Topliss-reactive ketones (excluding diaryl/α,β-unsaturated/α-hetero) is 1. The summed E-state index contributed by atoms with van der Waals surface area (Å²) in [7, 11) is 1.60. The number of ketones is 1. The molecule has 3 aromatic rings.